The Hall–Kier alpha value is -1.84. The van der Waals surface area contributed by atoms with Gasteiger partial charge < -0.3 is 10.6 Å². The van der Waals surface area contributed by atoms with Crippen LogP contribution < -0.4 is 10.6 Å². The highest BCUT2D eigenvalue weighted by molar-refractivity contribution is 5.88. The first kappa shape index (κ1) is 22.4. The molecule has 0 heterocycles. The third kappa shape index (κ3) is 6.65. The maximum absolute atomic E-state index is 13.0. The van der Waals surface area contributed by atoms with E-state index in [1.165, 1.54) is 11.1 Å². The average molecular weight is 387 g/mol. The molecule has 1 aromatic carbocycles. The van der Waals surface area contributed by atoms with Gasteiger partial charge in [-0.1, -0.05) is 65.8 Å². The SMILES string of the molecule is CC(CC(=O)NC(C(=O)NC1CCCc2ccccc21)C(C)C)CC(C)(C)C. The van der Waals surface area contributed by atoms with Crippen molar-refractivity contribution in [3.63, 3.8) is 0 Å². The monoisotopic (exact) mass is 386 g/mol. The van der Waals surface area contributed by atoms with Gasteiger partial charge in [0.05, 0.1) is 6.04 Å². The lowest BCUT2D eigenvalue weighted by Gasteiger charge is -2.30. The van der Waals surface area contributed by atoms with Crippen molar-refractivity contribution in [1.29, 1.82) is 0 Å². The number of hydrogen-bond donors (Lipinski definition) is 2. The van der Waals surface area contributed by atoms with E-state index in [9.17, 15) is 9.59 Å². The van der Waals surface area contributed by atoms with Gasteiger partial charge in [-0.05, 0) is 54.1 Å². The Labute approximate surface area is 170 Å². The summed E-state index contributed by atoms with van der Waals surface area (Å²) in [6.45, 7) is 12.6. The number of benzene rings is 1. The molecule has 156 valence electrons. The minimum Gasteiger partial charge on any atom is -0.347 e. The second kappa shape index (κ2) is 9.58. The lowest BCUT2D eigenvalue weighted by atomic mass is 9.84. The van der Waals surface area contributed by atoms with E-state index < -0.39 is 6.04 Å². The molecule has 2 amide bonds. The van der Waals surface area contributed by atoms with Crippen LogP contribution in [0.15, 0.2) is 24.3 Å². The molecular weight excluding hydrogens is 348 g/mol. The van der Waals surface area contributed by atoms with Crippen LogP contribution in [-0.2, 0) is 16.0 Å². The molecule has 3 unspecified atom stereocenters. The van der Waals surface area contributed by atoms with Gasteiger partial charge in [0.2, 0.25) is 11.8 Å². The molecule has 0 saturated heterocycles. The predicted molar refractivity (Wildman–Crippen MR) is 115 cm³/mol. The summed E-state index contributed by atoms with van der Waals surface area (Å²) >= 11 is 0. The van der Waals surface area contributed by atoms with Gasteiger partial charge in [0, 0.05) is 6.42 Å². The van der Waals surface area contributed by atoms with Crippen LogP contribution in [0.25, 0.3) is 0 Å². The molecular formula is C24H38N2O2. The summed E-state index contributed by atoms with van der Waals surface area (Å²) < 4.78 is 0. The van der Waals surface area contributed by atoms with Crippen molar-refractivity contribution >= 4 is 11.8 Å². The van der Waals surface area contributed by atoms with Crippen LogP contribution in [0.5, 0.6) is 0 Å². The van der Waals surface area contributed by atoms with Crippen molar-refractivity contribution in [2.45, 2.75) is 85.7 Å². The predicted octanol–water partition coefficient (Wildman–Crippen LogP) is 4.78. The van der Waals surface area contributed by atoms with Gasteiger partial charge >= 0.3 is 0 Å². The average Bonchev–Trinajstić information content (AvgIpc) is 2.58. The van der Waals surface area contributed by atoms with Crippen LogP contribution >= 0.6 is 0 Å². The molecule has 0 spiro atoms. The largest absolute Gasteiger partial charge is 0.347 e. The third-order valence-corrected chi connectivity index (χ3v) is 5.45. The first-order valence-electron chi connectivity index (χ1n) is 10.7. The fourth-order valence-corrected chi connectivity index (χ4v) is 4.37. The van der Waals surface area contributed by atoms with E-state index >= 15 is 0 Å². The number of amides is 2. The van der Waals surface area contributed by atoms with Crippen molar-refractivity contribution in [1.82, 2.24) is 10.6 Å². The maximum Gasteiger partial charge on any atom is 0.243 e. The van der Waals surface area contributed by atoms with Gasteiger partial charge in [-0.3, -0.25) is 9.59 Å². The summed E-state index contributed by atoms with van der Waals surface area (Å²) in [7, 11) is 0. The molecule has 0 saturated carbocycles. The fourth-order valence-electron chi connectivity index (χ4n) is 4.37. The molecule has 0 bridgehead atoms. The number of carbonyl (C=O) groups excluding carboxylic acids is 2. The summed E-state index contributed by atoms with van der Waals surface area (Å²) in [5.41, 5.74) is 2.73. The van der Waals surface area contributed by atoms with Crippen molar-refractivity contribution in [3.8, 4) is 0 Å². The normalized spacial score (nSPS) is 18.9. The highest BCUT2D eigenvalue weighted by Gasteiger charge is 2.29. The Morgan fingerprint density at radius 1 is 1.14 bits per heavy atom. The van der Waals surface area contributed by atoms with Crippen LogP contribution in [-0.4, -0.2) is 17.9 Å². The molecule has 4 nitrogen and oxygen atoms in total. The number of rotatable bonds is 7. The molecule has 0 aliphatic heterocycles. The molecule has 1 aliphatic carbocycles. The van der Waals surface area contributed by atoms with Gasteiger partial charge in [0.1, 0.15) is 6.04 Å². The molecule has 0 aromatic heterocycles. The van der Waals surface area contributed by atoms with Gasteiger partial charge in [-0.25, -0.2) is 0 Å². The minimum atomic E-state index is -0.497. The molecule has 1 aliphatic rings. The zero-order valence-corrected chi connectivity index (χ0v) is 18.5. The number of nitrogens with one attached hydrogen (secondary N) is 2. The molecule has 28 heavy (non-hydrogen) atoms. The van der Waals surface area contributed by atoms with Crippen LogP contribution in [0.1, 0.15) is 84.4 Å². The molecule has 2 rings (SSSR count). The van der Waals surface area contributed by atoms with Crippen molar-refractivity contribution in [2.24, 2.45) is 17.3 Å². The highest BCUT2D eigenvalue weighted by atomic mass is 16.2. The molecule has 0 radical (unpaired) electrons. The molecule has 0 fully saturated rings. The Bertz CT molecular complexity index is 675. The highest BCUT2D eigenvalue weighted by Crippen LogP contribution is 2.30. The number of aryl methyl sites for hydroxylation is 1. The molecule has 2 N–H and O–H groups in total. The Morgan fingerprint density at radius 2 is 1.82 bits per heavy atom. The first-order chi connectivity index (χ1) is 13.1. The van der Waals surface area contributed by atoms with Crippen LogP contribution in [0, 0.1) is 17.3 Å². The van der Waals surface area contributed by atoms with Crippen molar-refractivity contribution in [3.05, 3.63) is 35.4 Å². The standard InChI is InChI=1S/C24H38N2O2/c1-16(2)22(26-21(27)14-17(3)15-24(4,5)6)23(28)25-20-13-9-11-18-10-7-8-12-19(18)20/h7-8,10,12,16-17,20,22H,9,11,13-15H2,1-6H3,(H,25,28)(H,26,27). The van der Waals surface area contributed by atoms with Gasteiger partial charge in [0.25, 0.3) is 0 Å². The molecule has 3 atom stereocenters. The Kier molecular flexibility index (Phi) is 7.68. The van der Waals surface area contributed by atoms with Crippen LogP contribution in [0.4, 0.5) is 0 Å². The van der Waals surface area contributed by atoms with Gasteiger partial charge in [-0.2, -0.15) is 0 Å². The minimum absolute atomic E-state index is 0.0327. The van der Waals surface area contributed by atoms with E-state index in [0.717, 1.165) is 25.7 Å². The zero-order valence-electron chi connectivity index (χ0n) is 18.5. The van der Waals surface area contributed by atoms with Gasteiger partial charge in [0.15, 0.2) is 0 Å². The third-order valence-electron chi connectivity index (χ3n) is 5.45. The molecule has 4 heteroatoms. The summed E-state index contributed by atoms with van der Waals surface area (Å²) in [5, 5.41) is 6.20. The zero-order chi connectivity index (χ0) is 20.9. The second-order valence-corrected chi connectivity index (χ2v) is 10.0. The Morgan fingerprint density at radius 3 is 2.46 bits per heavy atom. The van der Waals surface area contributed by atoms with E-state index in [1.54, 1.807) is 0 Å². The topological polar surface area (TPSA) is 58.2 Å². The van der Waals surface area contributed by atoms with Crippen molar-refractivity contribution < 1.29 is 9.59 Å². The van der Waals surface area contributed by atoms with Crippen LogP contribution in [0.3, 0.4) is 0 Å². The smallest absolute Gasteiger partial charge is 0.243 e. The fraction of sp³-hybridized carbons (Fsp3) is 0.667. The first-order valence-corrected chi connectivity index (χ1v) is 10.7. The van der Waals surface area contributed by atoms with E-state index in [1.807, 2.05) is 19.9 Å². The number of hydrogen-bond acceptors (Lipinski definition) is 2. The summed E-state index contributed by atoms with van der Waals surface area (Å²) in [5.74, 6) is 0.227. The molecule has 1 aromatic rings. The van der Waals surface area contributed by atoms with Gasteiger partial charge in [-0.15, -0.1) is 0 Å². The summed E-state index contributed by atoms with van der Waals surface area (Å²) in [6.07, 6.45) is 4.53. The second-order valence-electron chi connectivity index (χ2n) is 10.0. The summed E-state index contributed by atoms with van der Waals surface area (Å²) in [4.78, 5) is 25.5. The number of fused-ring (bicyclic) bond motifs is 1. The van der Waals surface area contributed by atoms with Crippen molar-refractivity contribution in [2.75, 3.05) is 0 Å². The quantitative estimate of drug-likeness (QED) is 0.708. The van der Waals surface area contributed by atoms with E-state index in [0.29, 0.717) is 12.3 Å². The lowest BCUT2D eigenvalue weighted by molar-refractivity contribution is -0.131. The van der Waals surface area contributed by atoms with Crippen LogP contribution in [0.2, 0.25) is 0 Å². The van der Waals surface area contributed by atoms with E-state index in [-0.39, 0.29) is 29.2 Å². The van der Waals surface area contributed by atoms with E-state index in [2.05, 4.69) is 56.5 Å². The Balaban J connectivity index is 1.98. The number of carbonyl (C=O) groups is 2. The van der Waals surface area contributed by atoms with E-state index in [4.69, 9.17) is 0 Å². The maximum atomic E-state index is 13.0. The lowest BCUT2D eigenvalue weighted by Crippen LogP contribution is -2.51. The summed E-state index contributed by atoms with van der Waals surface area (Å²) in [6, 6.07) is 7.88.